The average Bonchev–Trinajstić information content (AvgIpc) is 2.60. The number of benzene rings is 1. The van der Waals surface area contributed by atoms with Gasteiger partial charge in [0.1, 0.15) is 6.54 Å². The summed E-state index contributed by atoms with van der Waals surface area (Å²) in [5.74, 6) is -0.787. The minimum absolute atomic E-state index is 0. The molecule has 0 aliphatic rings. The van der Waals surface area contributed by atoms with Crippen molar-refractivity contribution in [3.05, 3.63) is 35.9 Å². The van der Waals surface area contributed by atoms with Crippen LogP contribution >= 0.6 is 12.4 Å². The van der Waals surface area contributed by atoms with Gasteiger partial charge in [-0.05, 0) is 19.4 Å². The summed E-state index contributed by atoms with van der Waals surface area (Å²) in [6.45, 7) is 4.47. The highest BCUT2D eigenvalue weighted by Crippen LogP contribution is 1.96. The number of rotatable bonds is 7. The van der Waals surface area contributed by atoms with Gasteiger partial charge in [-0.3, -0.25) is 9.59 Å². The maximum Gasteiger partial charge on any atom is 0.325 e. The van der Waals surface area contributed by atoms with Gasteiger partial charge in [-0.25, -0.2) is 4.79 Å². The Morgan fingerprint density at radius 3 is 2.00 bits per heavy atom. The molecule has 142 valence electrons. The van der Waals surface area contributed by atoms with E-state index in [1.165, 1.54) is 0 Å². The number of nitrogens with two attached hydrogens (primary N) is 1. The highest BCUT2D eigenvalue weighted by molar-refractivity contribution is 5.85. The predicted molar refractivity (Wildman–Crippen MR) is 96.2 cm³/mol. The van der Waals surface area contributed by atoms with Gasteiger partial charge >= 0.3 is 18.0 Å². The number of carbonyl (C=O) groups excluding carboxylic acids is 3. The molecule has 0 saturated heterocycles. The van der Waals surface area contributed by atoms with Crippen LogP contribution in [0.2, 0.25) is 0 Å². The second kappa shape index (κ2) is 16.5. The molecule has 0 heterocycles. The fraction of sp³-hybridized carbons (Fsp3) is 0.438. The first-order valence-corrected chi connectivity index (χ1v) is 7.60. The van der Waals surface area contributed by atoms with Crippen LogP contribution in [-0.2, 0) is 25.6 Å². The van der Waals surface area contributed by atoms with Crippen molar-refractivity contribution in [3.8, 4) is 0 Å². The van der Waals surface area contributed by atoms with Crippen molar-refractivity contribution in [1.82, 2.24) is 10.6 Å². The third-order valence-electron chi connectivity index (χ3n) is 2.47. The minimum atomic E-state index is -0.442. The Balaban J connectivity index is 0. The third-order valence-corrected chi connectivity index (χ3v) is 2.47. The number of ether oxygens (including phenoxy) is 2. The fourth-order valence-corrected chi connectivity index (χ4v) is 1.43. The van der Waals surface area contributed by atoms with E-state index in [9.17, 15) is 14.4 Å². The van der Waals surface area contributed by atoms with Gasteiger partial charge in [0, 0.05) is 6.54 Å². The van der Waals surface area contributed by atoms with Crippen molar-refractivity contribution >= 4 is 30.4 Å². The van der Waals surface area contributed by atoms with Gasteiger partial charge in [-0.1, -0.05) is 30.3 Å². The molecule has 0 bridgehead atoms. The Morgan fingerprint density at radius 2 is 1.52 bits per heavy atom. The lowest BCUT2D eigenvalue weighted by Gasteiger charge is -2.07. The lowest BCUT2D eigenvalue weighted by molar-refractivity contribution is -0.142. The van der Waals surface area contributed by atoms with Crippen molar-refractivity contribution < 1.29 is 23.9 Å². The Bertz CT molecular complexity index is 500. The first kappa shape index (κ1) is 24.9. The van der Waals surface area contributed by atoms with E-state index in [1.54, 1.807) is 13.8 Å². The highest BCUT2D eigenvalue weighted by Gasteiger charge is 2.04. The molecule has 1 aromatic rings. The first-order valence-electron chi connectivity index (χ1n) is 7.60. The molecule has 9 heteroatoms. The quantitative estimate of drug-likeness (QED) is 0.611. The van der Waals surface area contributed by atoms with Gasteiger partial charge in [0.05, 0.1) is 19.8 Å². The summed E-state index contributed by atoms with van der Waals surface area (Å²) in [5, 5.41) is 5.05. The van der Waals surface area contributed by atoms with Crippen LogP contribution in [0.15, 0.2) is 30.3 Å². The molecule has 4 N–H and O–H groups in total. The lowest BCUT2D eigenvalue weighted by Crippen LogP contribution is -2.38. The molecule has 0 radical (unpaired) electrons. The number of urea groups is 1. The second-order valence-electron chi connectivity index (χ2n) is 4.34. The van der Waals surface area contributed by atoms with E-state index >= 15 is 0 Å². The van der Waals surface area contributed by atoms with Crippen molar-refractivity contribution in [2.45, 2.75) is 20.4 Å². The SMILES string of the molecule is CCOC(=O)CN.CCOC(=O)CNC(=O)NCc1ccccc1.Cl. The van der Waals surface area contributed by atoms with Gasteiger partial charge in [-0.2, -0.15) is 0 Å². The molecule has 0 saturated carbocycles. The van der Waals surface area contributed by atoms with E-state index in [0.29, 0.717) is 19.8 Å². The van der Waals surface area contributed by atoms with Crippen LogP contribution in [-0.4, -0.2) is 44.3 Å². The molecule has 1 rings (SSSR count). The maximum atomic E-state index is 11.3. The number of hydrogen-bond donors (Lipinski definition) is 3. The number of esters is 2. The van der Waals surface area contributed by atoms with Gasteiger partial charge in [0.25, 0.3) is 0 Å². The average molecular weight is 376 g/mol. The molecular formula is C16H26ClN3O5. The van der Waals surface area contributed by atoms with E-state index in [2.05, 4.69) is 20.1 Å². The summed E-state index contributed by atoms with van der Waals surface area (Å²) in [6.07, 6.45) is 0. The molecule has 8 nitrogen and oxygen atoms in total. The largest absolute Gasteiger partial charge is 0.465 e. The van der Waals surface area contributed by atoms with E-state index in [4.69, 9.17) is 5.73 Å². The zero-order valence-electron chi connectivity index (χ0n) is 14.4. The zero-order valence-corrected chi connectivity index (χ0v) is 15.3. The van der Waals surface area contributed by atoms with Crippen LogP contribution in [0.5, 0.6) is 0 Å². The topological polar surface area (TPSA) is 120 Å². The van der Waals surface area contributed by atoms with Crippen LogP contribution < -0.4 is 16.4 Å². The van der Waals surface area contributed by atoms with Crippen molar-refractivity contribution in [2.24, 2.45) is 5.73 Å². The van der Waals surface area contributed by atoms with Crippen LogP contribution in [0.1, 0.15) is 19.4 Å². The highest BCUT2D eigenvalue weighted by atomic mass is 35.5. The molecule has 2 amide bonds. The molecule has 0 aromatic heterocycles. The molecule has 0 aliphatic heterocycles. The summed E-state index contributed by atoms with van der Waals surface area (Å²) >= 11 is 0. The molecule has 0 spiro atoms. The van der Waals surface area contributed by atoms with E-state index in [1.807, 2.05) is 30.3 Å². The maximum absolute atomic E-state index is 11.3. The number of nitrogens with one attached hydrogen (secondary N) is 2. The van der Waals surface area contributed by atoms with Crippen molar-refractivity contribution in [2.75, 3.05) is 26.3 Å². The molecule has 25 heavy (non-hydrogen) atoms. The molecule has 0 aliphatic carbocycles. The standard InChI is InChI=1S/C12H16N2O3.C4H9NO2.ClH/c1-2-17-11(15)9-14-12(16)13-8-10-6-4-3-5-7-10;1-2-7-4(6)3-5;/h3-7H,2,8-9H2,1H3,(H2,13,14,16);2-3,5H2,1H3;1H. The van der Waals surface area contributed by atoms with Crippen LogP contribution in [0.4, 0.5) is 4.79 Å². The van der Waals surface area contributed by atoms with Crippen molar-refractivity contribution in [3.63, 3.8) is 0 Å². The summed E-state index contributed by atoms with van der Waals surface area (Å²) in [4.78, 5) is 32.3. The number of carbonyl (C=O) groups is 3. The van der Waals surface area contributed by atoms with Gasteiger partial charge in [0.15, 0.2) is 0 Å². The molecule has 1 aromatic carbocycles. The third kappa shape index (κ3) is 15.0. The van der Waals surface area contributed by atoms with Gasteiger partial charge in [0.2, 0.25) is 0 Å². The van der Waals surface area contributed by atoms with E-state index in [0.717, 1.165) is 5.56 Å². The summed E-state index contributed by atoms with van der Waals surface area (Å²) in [7, 11) is 0. The normalized spacial score (nSPS) is 8.76. The van der Waals surface area contributed by atoms with E-state index in [-0.39, 0.29) is 37.5 Å². The Kier molecular flexibility index (Phi) is 16.5. The van der Waals surface area contributed by atoms with E-state index < -0.39 is 5.97 Å². The van der Waals surface area contributed by atoms with Crippen LogP contribution in [0, 0.1) is 0 Å². The zero-order chi connectivity index (χ0) is 18.2. The summed E-state index contributed by atoms with van der Waals surface area (Å²) in [5.41, 5.74) is 5.88. The Labute approximate surface area is 153 Å². The molecule has 0 unspecified atom stereocenters. The smallest absolute Gasteiger partial charge is 0.325 e. The minimum Gasteiger partial charge on any atom is -0.465 e. The number of hydrogen-bond acceptors (Lipinski definition) is 6. The Hall–Kier alpha value is -2.32. The van der Waals surface area contributed by atoms with Crippen LogP contribution in [0.25, 0.3) is 0 Å². The molecule has 0 atom stereocenters. The van der Waals surface area contributed by atoms with Crippen molar-refractivity contribution in [1.29, 1.82) is 0 Å². The number of halogens is 1. The lowest BCUT2D eigenvalue weighted by atomic mass is 10.2. The number of amides is 2. The molecule has 0 fully saturated rings. The summed E-state index contributed by atoms with van der Waals surface area (Å²) in [6, 6.07) is 9.13. The van der Waals surface area contributed by atoms with Gasteiger partial charge < -0.3 is 25.8 Å². The van der Waals surface area contributed by atoms with Crippen LogP contribution in [0.3, 0.4) is 0 Å². The first-order chi connectivity index (χ1) is 11.5. The second-order valence-corrected chi connectivity index (χ2v) is 4.34. The summed E-state index contributed by atoms with van der Waals surface area (Å²) < 4.78 is 9.10. The molecular weight excluding hydrogens is 350 g/mol. The fourth-order valence-electron chi connectivity index (χ4n) is 1.43. The monoisotopic (exact) mass is 375 g/mol. The van der Waals surface area contributed by atoms with Gasteiger partial charge in [-0.15, -0.1) is 12.4 Å². The Morgan fingerprint density at radius 1 is 0.960 bits per heavy atom. The predicted octanol–water partition coefficient (Wildman–Crippen LogP) is 0.979.